The number of hydrogen-bond acceptors (Lipinski definition) is 5. The highest BCUT2D eigenvalue weighted by atomic mass is 79.9. The molecular formula is C17H16BrN3O4. The smallest absolute Gasteiger partial charge is 0.340 e. The normalized spacial score (nSPS) is 10.0. The van der Waals surface area contributed by atoms with Crippen molar-refractivity contribution in [1.29, 1.82) is 0 Å². The lowest BCUT2D eigenvalue weighted by molar-refractivity contribution is -0.123. The fourth-order valence-corrected chi connectivity index (χ4v) is 2.42. The minimum atomic E-state index is -0.718. The number of aromatic nitrogens is 1. The number of nitrogens with zero attached hydrogens (tertiary/aromatic N) is 1. The van der Waals surface area contributed by atoms with Crippen LogP contribution in [0, 0.1) is 6.92 Å². The second-order valence-corrected chi connectivity index (χ2v) is 5.96. The SMILES string of the molecule is CNC(=O)NC(=O)COC(=O)c1ccc(-c2cccc(Br)c2)nc1C. The van der Waals surface area contributed by atoms with Crippen molar-refractivity contribution in [2.45, 2.75) is 6.92 Å². The minimum absolute atomic E-state index is 0.256. The average Bonchev–Trinajstić information content (AvgIpc) is 2.59. The van der Waals surface area contributed by atoms with Gasteiger partial charge in [0.05, 0.1) is 17.0 Å². The van der Waals surface area contributed by atoms with E-state index in [1.165, 1.54) is 7.05 Å². The summed E-state index contributed by atoms with van der Waals surface area (Å²) in [6.07, 6.45) is 0. The van der Waals surface area contributed by atoms with Crippen molar-refractivity contribution in [3.63, 3.8) is 0 Å². The van der Waals surface area contributed by atoms with E-state index in [1.807, 2.05) is 29.6 Å². The van der Waals surface area contributed by atoms with E-state index >= 15 is 0 Å². The molecule has 1 aromatic carbocycles. The van der Waals surface area contributed by atoms with Crippen LogP contribution in [0.5, 0.6) is 0 Å². The Hall–Kier alpha value is -2.74. The van der Waals surface area contributed by atoms with Gasteiger partial charge in [0.15, 0.2) is 6.61 Å². The zero-order valence-electron chi connectivity index (χ0n) is 13.6. The highest BCUT2D eigenvalue weighted by Gasteiger charge is 2.15. The summed E-state index contributed by atoms with van der Waals surface area (Å²) in [6, 6.07) is 10.3. The Morgan fingerprint density at radius 3 is 2.60 bits per heavy atom. The molecule has 0 spiro atoms. The van der Waals surface area contributed by atoms with Crippen LogP contribution in [0.25, 0.3) is 11.3 Å². The number of carbonyl (C=O) groups is 3. The van der Waals surface area contributed by atoms with Crippen molar-refractivity contribution >= 4 is 33.8 Å². The Morgan fingerprint density at radius 2 is 1.96 bits per heavy atom. The zero-order valence-corrected chi connectivity index (χ0v) is 15.2. The van der Waals surface area contributed by atoms with Gasteiger partial charge < -0.3 is 10.1 Å². The number of ether oxygens (including phenoxy) is 1. The molecular weight excluding hydrogens is 390 g/mol. The monoisotopic (exact) mass is 405 g/mol. The van der Waals surface area contributed by atoms with Gasteiger partial charge in [0.2, 0.25) is 0 Å². The number of aryl methyl sites for hydroxylation is 1. The van der Waals surface area contributed by atoms with Crippen molar-refractivity contribution in [3.05, 3.63) is 52.1 Å². The summed E-state index contributed by atoms with van der Waals surface area (Å²) in [5.74, 6) is -1.40. The summed E-state index contributed by atoms with van der Waals surface area (Å²) in [5, 5.41) is 4.23. The number of benzene rings is 1. The number of imide groups is 1. The predicted octanol–water partition coefficient (Wildman–Crippen LogP) is 2.43. The van der Waals surface area contributed by atoms with E-state index in [-0.39, 0.29) is 5.56 Å². The number of halogens is 1. The first-order valence-corrected chi connectivity index (χ1v) is 8.12. The topological polar surface area (TPSA) is 97.4 Å². The Balaban J connectivity index is 2.06. The van der Waals surface area contributed by atoms with Crippen molar-refractivity contribution in [2.75, 3.05) is 13.7 Å². The number of carbonyl (C=O) groups excluding carboxylic acids is 3. The third kappa shape index (κ3) is 5.12. The molecule has 2 aromatic rings. The van der Waals surface area contributed by atoms with Gasteiger partial charge in [-0.05, 0) is 31.2 Å². The second-order valence-electron chi connectivity index (χ2n) is 5.04. The van der Waals surface area contributed by atoms with E-state index < -0.39 is 24.5 Å². The van der Waals surface area contributed by atoms with Crippen molar-refractivity contribution < 1.29 is 19.1 Å². The number of nitrogens with one attached hydrogen (secondary N) is 2. The Morgan fingerprint density at radius 1 is 1.20 bits per heavy atom. The van der Waals surface area contributed by atoms with Gasteiger partial charge in [-0.3, -0.25) is 15.1 Å². The van der Waals surface area contributed by atoms with Gasteiger partial charge in [0, 0.05) is 17.1 Å². The number of pyridine rings is 1. The van der Waals surface area contributed by atoms with E-state index in [1.54, 1.807) is 19.1 Å². The largest absolute Gasteiger partial charge is 0.452 e. The van der Waals surface area contributed by atoms with Gasteiger partial charge >= 0.3 is 12.0 Å². The number of urea groups is 1. The fraction of sp³-hybridized carbons (Fsp3) is 0.176. The summed E-state index contributed by atoms with van der Waals surface area (Å²) in [5.41, 5.74) is 2.36. The van der Waals surface area contributed by atoms with Crippen molar-refractivity contribution in [3.8, 4) is 11.3 Å². The summed E-state index contributed by atoms with van der Waals surface area (Å²) in [6.45, 7) is 1.13. The summed E-state index contributed by atoms with van der Waals surface area (Å²) < 4.78 is 5.83. The maximum absolute atomic E-state index is 12.1. The van der Waals surface area contributed by atoms with Crippen LogP contribution in [0.15, 0.2) is 40.9 Å². The number of esters is 1. The minimum Gasteiger partial charge on any atom is -0.452 e. The third-order valence-electron chi connectivity index (χ3n) is 3.24. The summed E-state index contributed by atoms with van der Waals surface area (Å²) >= 11 is 3.40. The predicted molar refractivity (Wildman–Crippen MR) is 95.0 cm³/mol. The van der Waals surface area contributed by atoms with Crippen LogP contribution in [0.3, 0.4) is 0 Å². The van der Waals surface area contributed by atoms with Crippen molar-refractivity contribution in [1.82, 2.24) is 15.6 Å². The number of rotatable bonds is 4. The molecule has 0 aliphatic heterocycles. The zero-order chi connectivity index (χ0) is 18.4. The number of amides is 3. The molecule has 2 N–H and O–H groups in total. The van der Waals surface area contributed by atoms with Gasteiger partial charge in [-0.2, -0.15) is 0 Å². The molecule has 1 aromatic heterocycles. The quantitative estimate of drug-likeness (QED) is 0.761. The highest BCUT2D eigenvalue weighted by Crippen LogP contribution is 2.22. The van der Waals surface area contributed by atoms with E-state index in [4.69, 9.17) is 4.74 Å². The average molecular weight is 406 g/mol. The molecule has 130 valence electrons. The first-order chi connectivity index (χ1) is 11.9. The molecule has 0 atom stereocenters. The van der Waals surface area contributed by atoms with Crippen LogP contribution in [-0.4, -0.2) is 36.5 Å². The van der Waals surface area contributed by atoms with Crippen LogP contribution in [0.2, 0.25) is 0 Å². The van der Waals surface area contributed by atoms with Crippen LogP contribution >= 0.6 is 15.9 Å². The molecule has 0 radical (unpaired) electrons. The Labute approximate surface area is 152 Å². The standard InChI is InChI=1S/C17H16BrN3O4/c1-10-13(16(23)25-9-15(22)21-17(24)19-2)6-7-14(20-10)11-4-3-5-12(18)8-11/h3-8H,9H2,1-2H3,(H2,19,21,22,24). The molecule has 0 saturated carbocycles. The lowest BCUT2D eigenvalue weighted by Gasteiger charge is -2.09. The van der Waals surface area contributed by atoms with Gasteiger partial charge in [0.25, 0.3) is 5.91 Å². The third-order valence-corrected chi connectivity index (χ3v) is 3.73. The van der Waals surface area contributed by atoms with Gasteiger partial charge in [-0.1, -0.05) is 28.1 Å². The first-order valence-electron chi connectivity index (χ1n) is 7.33. The molecule has 25 heavy (non-hydrogen) atoms. The molecule has 0 fully saturated rings. The Bertz CT molecular complexity index is 823. The van der Waals surface area contributed by atoms with Crippen LogP contribution in [0.4, 0.5) is 4.79 Å². The molecule has 3 amide bonds. The molecule has 0 aliphatic rings. The second kappa shape index (κ2) is 8.39. The van der Waals surface area contributed by atoms with Crippen LogP contribution < -0.4 is 10.6 Å². The molecule has 0 bridgehead atoms. The van der Waals surface area contributed by atoms with E-state index in [2.05, 4.69) is 26.2 Å². The van der Waals surface area contributed by atoms with Gasteiger partial charge in [0.1, 0.15) is 0 Å². The summed E-state index contributed by atoms with van der Waals surface area (Å²) in [4.78, 5) is 38.9. The maximum atomic E-state index is 12.1. The Kier molecular flexibility index (Phi) is 6.24. The van der Waals surface area contributed by atoms with Crippen molar-refractivity contribution in [2.24, 2.45) is 0 Å². The molecule has 2 rings (SSSR count). The van der Waals surface area contributed by atoms with E-state index in [0.717, 1.165) is 10.0 Å². The lowest BCUT2D eigenvalue weighted by Crippen LogP contribution is -2.39. The lowest BCUT2D eigenvalue weighted by atomic mass is 10.1. The first kappa shape index (κ1) is 18.6. The molecule has 0 saturated heterocycles. The molecule has 0 aliphatic carbocycles. The van der Waals surface area contributed by atoms with Crippen LogP contribution in [-0.2, 0) is 9.53 Å². The van der Waals surface area contributed by atoms with Gasteiger partial charge in [-0.25, -0.2) is 9.59 Å². The molecule has 0 unspecified atom stereocenters. The van der Waals surface area contributed by atoms with Gasteiger partial charge in [-0.15, -0.1) is 0 Å². The van der Waals surface area contributed by atoms with E-state index in [0.29, 0.717) is 11.4 Å². The molecule has 1 heterocycles. The molecule has 8 heteroatoms. The fourth-order valence-electron chi connectivity index (χ4n) is 2.02. The summed E-state index contributed by atoms with van der Waals surface area (Å²) in [7, 11) is 1.37. The van der Waals surface area contributed by atoms with E-state index in [9.17, 15) is 14.4 Å². The van der Waals surface area contributed by atoms with Crippen LogP contribution in [0.1, 0.15) is 16.1 Å². The number of hydrogen-bond donors (Lipinski definition) is 2. The highest BCUT2D eigenvalue weighted by molar-refractivity contribution is 9.10. The maximum Gasteiger partial charge on any atom is 0.340 e. The molecule has 7 nitrogen and oxygen atoms in total.